The number of rotatable bonds is 6. The van der Waals surface area contributed by atoms with Gasteiger partial charge in [-0.15, -0.1) is 0 Å². The molecular formula is C17H19N3O3S. The van der Waals surface area contributed by atoms with Gasteiger partial charge in [0, 0.05) is 11.4 Å². The molecule has 0 aliphatic carbocycles. The van der Waals surface area contributed by atoms with E-state index in [1.807, 2.05) is 19.9 Å². The molecule has 0 spiro atoms. The van der Waals surface area contributed by atoms with Crippen molar-refractivity contribution in [3.05, 3.63) is 47.9 Å². The Kier molecular flexibility index (Phi) is 6.31. The van der Waals surface area contributed by atoms with Crippen LogP contribution in [0.3, 0.4) is 0 Å². The average Bonchev–Trinajstić information content (AvgIpc) is 2.55. The van der Waals surface area contributed by atoms with Crippen molar-refractivity contribution in [3.63, 3.8) is 0 Å². The van der Waals surface area contributed by atoms with Crippen molar-refractivity contribution in [2.24, 2.45) is 0 Å². The summed E-state index contributed by atoms with van der Waals surface area (Å²) in [5.41, 5.74) is 1.93. The third-order valence-electron chi connectivity index (χ3n) is 3.11. The Morgan fingerprint density at radius 3 is 2.58 bits per heavy atom. The molecule has 1 aromatic heterocycles. The molecule has 0 saturated heterocycles. The van der Waals surface area contributed by atoms with Crippen LogP contribution >= 0.6 is 11.8 Å². The van der Waals surface area contributed by atoms with Crippen molar-refractivity contribution in [3.8, 4) is 0 Å². The highest BCUT2D eigenvalue weighted by molar-refractivity contribution is 8.00. The lowest BCUT2D eigenvalue weighted by Gasteiger charge is -2.12. The van der Waals surface area contributed by atoms with Crippen LogP contribution in [0.5, 0.6) is 0 Å². The van der Waals surface area contributed by atoms with Gasteiger partial charge < -0.3 is 10.1 Å². The van der Waals surface area contributed by atoms with Gasteiger partial charge in [0.2, 0.25) is 5.91 Å². The van der Waals surface area contributed by atoms with Gasteiger partial charge in [-0.05, 0) is 51.1 Å². The zero-order chi connectivity index (χ0) is 17.5. The highest BCUT2D eigenvalue weighted by atomic mass is 32.2. The first-order chi connectivity index (χ1) is 11.5. The van der Waals surface area contributed by atoms with Crippen LogP contribution in [0.15, 0.2) is 41.7 Å². The maximum atomic E-state index is 12.3. The Morgan fingerprint density at radius 1 is 1.25 bits per heavy atom. The molecule has 24 heavy (non-hydrogen) atoms. The number of aromatic nitrogens is 2. The minimum Gasteiger partial charge on any atom is -0.462 e. The monoisotopic (exact) mass is 345 g/mol. The number of nitrogens with zero attached hydrogens (tertiary/aromatic N) is 2. The molecule has 0 aliphatic rings. The molecule has 2 aromatic rings. The smallest absolute Gasteiger partial charge is 0.338 e. The van der Waals surface area contributed by atoms with Crippen LogP contribution in [0.2, 0.25) is 0 Å². The number of hydrogen-bond acceptors (Lipinski definition) is 6. The van der Waals surface area contributed by atoms with Gasteiger partial charge in [-0.2, -0.15) is 0 Å². The number of aryl methyl sites for hydroxylation is 1. The molecule has 6 nitrogen and oxygen atoms in total. The van der Waals surface area contributed by atoms with Crippen molar-refractivity contribution >= 4 is 29.3 Å². The van der Waals surface area contributed by atoms with Crippen LogP contribution in [0.1, 0.15) is 29.9 Å². The van der Waals surface area contributed by atoms with Crippen LogP contribution in [-0.2, 0) is 9.53 Å². The Labute approximate surface area is 145 Å². The van der Waals surface area contributed by atoms with E-state index in [0.717, 1.165) is 10.7 Å². The summed E-state index contributed by atoms with van der Waals surface area (Å²) in [6.45, 7) is 5.77. The van der Waals surface area contributed by atoms with E-state index in [4.69, 9.17) is 4.74 Å². The Morgan fingerprint density at radius 2 is 1.96 bits per heavy atom. The predicted molar refractivity (Wildman–Crippen MR) is 93.1 cm³/mol. The summed E-state index contributed by atoms with van der Waals surface area (Å²) < 4.78 is 4.92. The highest BCUT2D eigenvalue weighted by Gasteiger charge is 2.16. The highest BCUT2D eigenvalue weighted by Crippen LogP contribution is 2.22. The molecule has 2 rings (SSSR count). The van der Waals surface area contributed by atoms with E-state index in [1.54, 1.807) is 31.2 Å². The van der Waals surface area contributed by atoms with Gasteiger partial charge in [0.1, 0.15) is 11.4 Å². The first kappa shape index (κ1) is 17.9. The number of nitrogens with one attached hydrogen (secondary N) is 1. The molecule has 1 heterocycles. The Hall–Kier alpha value is -2.41. The molecule has 1 aromatic carbocycles. The summed E-state index contributed by atoms with van der Waals surface area (Å²) in [6.07, 6.45) is 1.48. The van der Waals surface area contributed by atoms with E-state index in [9.17, 15) is 9.59 Å². The van der Waals surface area contributed by atoms with Gasteiger partial charge in [0.15, 0.2) is 0 Å². The summed E-state index contributed by atoms with van der Waals surface area (Å²) in [6, 6.07) is 8.44. The standard InChI is InChI=1S/C17H19N3O3S/c1-4-23-17(22)13-5-7-14(8-6-13)20-16(21)12(3)24-15-9-11(2)18-10-19-15/h5-10,12H,4H2,1-3H3,(H,20,21)/t12-/m0/s1. The fraction of sp³-hybridized carbons (Fsp3) is 0.294. The van der Waals surface area contributed by atoms with E-state index in [2.05, 4.69) is 15.3 Å². The molecule has 1 atom stereocenters. The molecule has 1 N–H and O–H groups in total. The second-order valence-corrected chi connectivity index (χ2v) is 6.41. The van der Waals surface area contributed by atoms with Gasteiger partial charge in [-0.25, -0.2) is 14.8 Å². The molecule has 126 valence electrons. The van der Waals surface area contributed by atoms with E-state index in [1.165, 1.54) is 18.1 Å². The van der Waals surface area contributed by atoms with E-state index in [-0.39, 0.29) is 17.1 Å². The van der Waals surface area contributed by atoms with Crippen LogP contribution in [0.25, 0.3) is 0 Å². The minimum atomic E-state index is -0.376. The molecule has 0 radical (unpaired) electrons. The zero-order valence-corrected chi connectivity index (χ0v) is 14.6. The topological polar surface area (TPSA) is 81.2 Å². The first-order valence-corrected chi connectivity index (χ1v) is 8.41. The lowest BCUT2D eigenvalue weighted by atomic mass is 10.2. The number of esters is 1. The number of anilines is 1. The fourth-order valence-electron chi connectivity index (χ4n) is 1.88. The SMILES string of the molecule is CCOC(=O)c1ccc(NC(=O)[C@H](C)Sc2cc(C)ncn2)cc1. The van der Waals surface area contributed by atoms with Crippen molar-refractivity contribution in [2.45, 2.75) is 31.0 Å². The van der Waals surface area contributed by atoms with Gasteiger partial charge in [-0.1, -0.05) is 11.8 Å². The maximum absolute atomic E-state index is 12.3. The van der Waals surface area contributed by atoms with Crippen molar-refractivity contribution < 1.29 is 14.3 Å². The summed E-state index contributed by atoms with van der Waals surface area (Å²) in [5.74, 6) is -0.515. The molecule has 7 heteroatoms. The van der Waals surface area contributed by atoms with Crippen LogP contribution in [0, 0.1) is 6.92 Å². The molecule has 0 saturated carbocycles. The molecule has 0 fully saturated rings. The lowest BCUT2D eigenvalue weighted by molar-refractivity contribution is -0.115. The number of ether oxygens (including phenoxy) is 1. The van der Waals surface area contributed by atoms with E-state index >= 15 is 0 Å². The third-order valence-corrected chi connectivity index (χ3v) is 4.14. The lowest BCUT2D eigenvalue weighted by Crippen LogP contribution is -2.22. The Bertz CT molecular complexity index is 719. The molecule has 0 unspecified atom stereocenters. The van der Waals surface area contributed by atoms with Gasteiger partial charge in [0.05, 0.1) is 17.4 Å². The average molecular weight is 345 g/mol. The third kappa shape index (κ3) is 5.06. The van der Waals surface area contributed by atoms with Crippen molar-refractivity contribution in [2.75, 3.05) is 11.9 Å². The second kappa shape index (κ2) is 8.44. The summed E-state index contributed by atoms with van der Waals surface area (Å²) >= 11 is 1.36. The van der Waals surface area contributed by atoms with Gasteiger partial charge >= 0.3 is 5.97 Å². The number of carbonyl (C=O) groups is 2. The number of amides is 1. The van der Waals surface area contributed by atoms with Crippen LogP contribution in [-0.4, -0.2) is 33.7 Å². The van der Waals surface area contributed by atoms with E-state index < -0.39 is 0 Å². The summed E-state index contributed by atoms with van der Waals surface area (Å²) in [5, 5.41) is 3.26. The largest absolute Gasteiger partial charge is 0.462 e. The van der Waals surface area contributed by atoms with Crippen molar-refractivity contribution in [1.82, 2.24) is 9.97 Å². The van der Waals surface area contributed by atoms with E-state index in [0.29, 0.717) is 17.9 Å². The number of thioether (sulfide) groups is 1. The summed E-state index contributed by atoms with van der Waals surface area (Å²) in [4.78, 5) is 32.0. The van der Waals surface area contributed by atoms with Gasteiger partial charge in [0.25, 0.3) is 0 Å². The molecular weight excluding hydrogens is 326 g/mol. The molecule has 0 bridgehead atoms. The van der Waals surface area contributed by atoms with Crippen LogP contribution < -0.4 is 5.32 Å². The summed E-state index contributed by atoms with van der Waals surface area (Å²) in [7, 11) is 0. The second-order valence-electron chi connectivity index (χ2n) is 5.04. The van der Waals surface area contributed by atoms with Crippen molar-refractivity contribution in [1.29, 1.82) is 0 Å². The zero-order valence-electron chi connectivity index (χ0n) is 13.8. The van der Waals surface area contributed by atoms with Gasteiger partial charge in [-0.3, -0.25) is 4.79 Å². The number of carbonyl (C=O) groups excluding carboxylic acids is 2. The predicted octanol–water partition coefficient (Wildman–Crippen LogP) is 3.08. The molecule has 0 aliphatic heterocycles. The fourth-order valence-corrected chi connectivity index (χ4v) is 2.75. The molecule has 1 amide bonds. The number of benzene rings is 1. The first-order valence-electron chi connectivity index (χ1n) is 7.53. The quantitative estimate of drug-likeness (QED) is 0.492. The van der Waals surface area contributed by atoms with Crippen LogP contribution in [0.4, 0.5) is 5.69 Å². The Balaban J connectivity index is 1.94. The maximum Gasteiger partial charge on any atom is 0.338 e. The number of hydrogen-bond donors (Lipinski definition) is 1. The minimum absolute atomic E-state index is 0.139. The normalized spacial score (nSPS) is 11.6.